The van der Waals surface area contributed by atoms with E-state index in [1.54, 1.807) is 31.2 Å². The van der Waals surface area contributed by atoms with E-state index in [0.29, 0.717) is 32.8 Å². The summed E-state index contributed by atoms with van der Waals surface area (Å²) in [5.74, 6) is 1.65. The summed E-state index contributed by atoms with van der Waals surface area (Å²) >= 11 is 6.91. The van der Waals surface area contributed by atoms with Crippen LogP contribution < -0.4 is 9.47 Å². The van der Waals surface area contributed by atoms with Crippen molar-refractivity contribution in [2.45, 2.75) is 26.7 Å². The van der Waals surface area contributed by atoms with Crippen LogP contribution in [-0.2, 0) is 9.53 Å². The molecule has 1 N–H and O–H groups in total. The molecule has 140 valence electrons. The Balaban J connectivity index is 2.18. The molecule has 7 heteroatoms. The SMILES string of the molecule is CCOC(=O)COc1cc(Br)c(Oc2ccc(O)c(C(C)C)c2)c(Br)c1. The van der Waals surface area contributed by atoms with E-state index in [1.807, 2.05) is 19.9 Å². The lowest BCUT2D eigenvalue weighted by molar-refractivity contribution is -0.145. The van der Waals surface area contributed by atoms with Crippen LogP contribution in [0.25, 0.3) is 0 Å². The number of esters is 1. The molecule has 2 aromatic rings. The molecule has 0 atom stereocenters. The van der Waals surface area contributed by atoms with Gasteiger partial charge in [0, 0.05) is 5.56 Å². The number of phenols is 1. The van der Waals surface area contributed by atoms with E-state index in [-0.39, 0.29) is 18.3 Å². The predicted molar refractivity (Wildman–Crippen MR) is 106 cm³/mol. The maximum atomic E-state index is 11.4. The number of benzene rings is 2. The topological polar surface area (TPSA) is 65.0 Å². The lowest BCUT2D eigenvalue weighted by Gasteiger charge is -2.15. The second-order valence-electron chi connectivity index (χ2n) is 5.79. The summed E-state index contributed by atoms with van der Waals surface area (Å²) in [6.45, 7) is 5.89. The number of ether oxygens (including phenoxy) is 3. The van der Waals surface area contributed by atoms with E-state index in [0.717, 1.165) is 5.56 Å². The highest BCUT2D eigenvalue weighted by Gasteiger charge is 2.14. The number of hydrogen-bond donors (Lipinski definition) is 1. The molecule has 0 spiro atoms. The van der Waals surface area contributed by atoms with Crippen LogP contribution in [-0.4, -0.2) is 24.3 Å². The van der Waals surface area contributed by atoms with Crippen LogP contribution >= 0.6 is 31.9 Å². The van der Waals surface area contributed by atoms with Crippen molar-refractivity contribution in [2.24, 2.45) is 0 Å². The summed E-state index contributed by atoms with van der Waals surface area (Å²) in [6, 6.07) is 8.55. The Morgan fingerprint density at radius 3 is 2.35 bits per heavy atom. The first kappa shape index (κ1) is 20.6. The lowest BCUT2D eigenvalue weighted by atomic mass is 10.0. The van der Waals surface area contributed by atoms with Gasteiger partial charge < -0.3 is 19.3 Å². The summed E-state index contributed by atoms with van der Waals surface area (Å²) < 4.78 is 17.5. The zero-order chi connectivity index (χ0) is 19.3. The van der Waals surface area contributed by atoms with E-state index in [1.165, 1.54) is 0 Å². The molecular formula is C19H20Br2O5. The maximum absolute atomic E-state index is 11.4. The van der Waals surface area contributed by atoms with Gasteiger partial charge in [0.1, 0.15) is 17.2 Å². The van der Waals surface area contributed by atoms with Crippen molar-refractivity contribution in [3.63, 3.8) is 0 Å². The molecule has 0 saturated heterocycles. The van der Waals surface area contributed by atoms with Crippen LogP contribution in [0.1, 0.15) is 32.3 Å². The zero-order valence-corrected chi connectivity index (χ0v) is 17.9. The number of halogens is 2. The molecule has 2 rings (SSSR count). The fourth-order valence-corrected chi connectivity index (χ4v) is 3.55. The van der Waals surface area contributed by atoms with Gasteiger partial charge in [-0.25, -0.2) is 4.79 Å². The van der Waals surface area contributed by atoms with E-state index in [2.05, 4.69) is 31.9 Å². The third kappa shape index (κ3) is 5.38. The molecule has 0 unspecified atom stereocenters. The fraction of sp³-hybridized carbons (Fsp3) is 0.316. The van der Waals surface area contributed by atoms with Crippen molar-refractivity contribution in [3.05, 3.63) is 44.8 Å². The van der Waals surface area contributed by atoms with Crippen molar-refractivity contribution >= 4 is 37.8 Å². The van der Waals surface area contributed by atoms with Crippen LogP contribution in [0, 0.1) is 0 Å². The molecular weight excluding hydrogens is 468 g/mol. The number of carbonyl (C=O) groups is 1. The second-order valence-corrected chi connectivity index (χ2v) is 7.50. The van der Waals surface area contributed by atoms with Gasteiger partial charge in [0.05, 0.1) is 15.6 Å². The van der Waals surface area contributed by atoms with Gasteiger partial charge in [-0.15, -0.1) is 0 Å². The minimum atomic E-state index is -0.426. The zero-order valence-electron chi connectivity index (χ0n) is 14.7. The van der Waals surface area contributed by atoms with Gasteiger partial charge in [-0.2, -0.15) is 0 Å². The minimum absolute atomic E-state index is 0.164. The Labute approximate surface area is 169 Å². The number of carbonyl (C=O) groups excluding carboxylic acids is 1. The molecule has 0 heterocycles. The Morgan fingerprint density at radius 2 is 1.77 bits per heavy atom. The monoisotopic (exact) mass is 486 g/mol. The maximum Gasteiger partial charge on any atom is 0.344 e. The standard InChI is InChI=1S/C19H20Br2O5/c1-4-24-18(23)10-25-13-8-15(20)19(16(21)9-13)26-12-5-6-17(22)14(7-12)11(2)3/h5-9,11,22H,4,10H2,1-3H3. The smallest absolute Gasteiger partial charge is 0.344 e. The highest BCUT2D eigenvalue weighted by Crippen LogP contribution is 2.41. The number of aromatic hydroxyl groups is 1. The molecule has 0 radical (unpaired) electrons. The Kier molecular flexibility index (Phi) is 7.34. The van der Waals surface area contributed by atoms with Crippen molar-refractivity contribution < 1.29 is 24.1 Å². The molecule has 0 saturated carbocycles. The van der Waals surface area contributed by atoms with Crippen molar-refractivity contribution in [3.8, 4) is 23.0 Å². The summed E-state index contributed by atoms with van der Waals surface area (Å²) in [5.41, 5.74) is 0.809. The van der Waals surface area contributed by atoms with Crippen LogP contribution in [0.4, 0.5) is 0 Å². The Bertz CT molecular complexity index is 766. The highest BCUT2D eigenvalue weighted by atomic mass is 79.9. The first-order valence-corrected chi connectivity index (χ1v) is 9.68. The summed E-state index contributed by atoms with van der Waals surface area (Å²) in [4.78, 5) is 11.4. The third-order valence-corrected chi connectivity index (χ3v) is 4.65. The molecule has 0 aromatic heterocycles. The average Bonchev–Trinajstić information content (AvgIpc) is 2.57. The normalized spacial score (nSPS) is 10.7. The number of rotatable bonds is 7. The van der Waals surface area contributed by atoms with Crippen LogP contribution in [0.2, 0.25) is 0 Å². The summed E-state index contributed by atoms with van der Waals surface area (Å²) in [7, 11) is 0. The van der Waals surface area contributed by atoms with Gasteiger partial charge in [-0.3, -0.25) is 0 Å². The Hall–Kier alpha value is -1.73. The second kappa shape index (κ2) is 9.28. The van der Waals surface area contributed by atoms with Gasteiger partial charge >= 0.3 is 5.97 Å². The molecule has 26 heavy (non-hydrogen) atoms. The molecule has 0 fully saturated rings. The van der Waals surface area contributed by atoms with Gasteiger partial charge in [0.25, 0.3) is 0 Å². The molecule has 0 aliphatic heterocycles. The van der Waals surface area contributed by atoms with Crippen molar-refractivity contribution in [1.82, 2.24) is 0 Å². The summed E-state index contributed by atoms with van der Waals surface area (Å²) in [6.07, 6.45) is 0. The number of phenolic OH excluding ortho intramolecular Hbond substituents is 1. The molecule has 2 aromatic carbocycles. The quantitative estimate of drug-likeness (QED) is 0.502. The van der Waals surface area contributed by atoms with Gasteiger partial charge in [-0.05, 0) is 75.0 Å². The highest BCUT2D eigenvalue weighted by molar-refractivity contribution is 9.11. The average molecular weight is 488 g/mol. The van der Waals surface area contributed by atoms with Crippen molar-refractivity contribution in [2.75, 3.05) is 13.2 Å². The van der Waals surface area contributed by atoms with Crippen LogP contribution in [0.5, 0.6) is 23.0 Å². The molecule has 0 aliphatic carbocycles. The van der Waals surface area contributed by atoms with Crippen LogP contribution in [0.15, 0.2) is 39.3 Å². The first-order valence-electron chi connectivity index (χ1n) is 8.10. The first-order chi connectivity index (χ1) is 12.3. The minimum Gasteiger partial charge on any atom is -0.508 e. The largest absolute Gasteiger partial charge is 0.508 e. The van der Waals surface area contributed by atoms with Gasteiger partial charge in [-0.1, -0.05) is 13.8 Å². The molecule has 0 bridgehead atoms. The molecule has 5 nitrogen and oxygen atoms in total. The van der Waals surface area contributed by atoms with E-state index < -0.39 is 5.97 Å². The van der Waals surface area contributed by atoms with E-state index in [4.69, 9.17) is 14.2 Å². The van der Waals surface area contributed by atoms with Gasteiger partial charge in [0.2, 0.25) is 0 Å². The third-order valence-electron chi connectivity index (χ3n) is 3.47. The van der Waals surface area contributed by atoms with E-state index in [9.17, 15) is 9.90 Å². The number of hydrogen-bond acceptors (Lipinski definition) is 5. The van der Waals surface area contributed by atoms with E-state index >= 15 is 0 Å². The Morgan fingerprint density at radius 1 is 1.12 bits per heavy atom. The van der Waals surface area contributed by atoms with Crippen molar-refractivity contribution in [1.29, 1.82) is 0 Å². The van der Waals surface area contributed by atoms with Crippen LogP contribution in [0.3, 0.4) is 0 Å². The summed E-state index contributed by atoms with van der Waals surface area (Å²) in [5, 5.41) is 9.93. The predicted octanol–water partition coefficient (Wildman–Crippen LogP) is 5.77. The molecule has 0 amide bonds. The van der Waals surface area contributed by atoms with Gasteiger partial charge in [0.15, 0.2) is 12.4 Å². The fourth-order valence-electron chi connectivity index (χ4n) is 2.24. The lowest BCUT2D eigenvalue weighted by Crippen LogP contribution is -2.14. The molecule has 0 aliphatic rings.